The van der Waals surface area contributed by atoms with E-state index in [1.807, 2.05) is 0 Å². The fourth-order valence-corrected chi connectivity index (χ4v) is 2.73. The summed E-state index contributed by atoms with van der Waals surface area (Å²) in [5.74, 6) is -0.0815. The highest BCUT2D eigenvalue weighted by molar-refractivity contribution is 7.15. The second-order valence-electron chi connectivity index (χ2n) is 4.30. The van der Waals surface area contributed by atoms with Crippen LogP contribution in [-0.4, -0.2) is 16.4 Å². The zero-order valence-corrected chi connectivity index (χ0v) is 10.3. The third kappa shape index (κ3) is 2.25. The number of rotatable bonds is 3. The zero-order valence-electron chi connectivity index (χ0n) is 9.45. The van der Waals surface area contributed by atoms with Gasteiger partial charge in [-0.25, -0.2) is 4.98 Å². The molecular weight excluding hydrogens is 222 g/mol. The minimum Gasteiger partial charge on any atom is -0.317 e. The molecule has 4 nitrogen and oxygen atoms in total. The van der Waals surface area contributed by atoms with E-state index in [0.717, 1.165) is 32.1 Å². The van der Waals surface area contributed by atoms with Gasteiger partial charge in [0.15, 0.2) is 5.13 Å². The zero-order chi connectivity index (χ0) is 11.6. The summed E-state index contributed by atoms with van der Waals surface area (Å²) < 4.78 is 0. The lowest BCUT2D eigenvalue weighted by Crippen LogP contribution is -2.48. The Morgan fingerprint density at radius 3 is 2.88 bits per heavy atom. The second kappa shape index (κ2) is 4.51. The molecule has 1 aromatic rings. The van der Waals surface area contributed by atoms with Gasteiger partial charge in [0.25, 0.3) is 0 Å². The fraction of sp³-hybridized carbons (Fsp3) is 0.636. The van der Waals surface area contributed by atoms with Gasteiger partial charge in [0.2, 0.25) is 5.91 Å². The molecule has 1 heterocycles. The summed E-state index contributed by atoms with van der Waals surface area (Å²) in [5, 5.41) is 3.49. The molecule has 2 rings (SSSR count). The molecule has 1 aliphatic rings. The number of carbonyl (C=O) groups excluding carboxylic acids is 1. The third-order valence-corrected chi connectivity index (χ3v) is 4.13. The molecule has 1 aliphatic carbocycles. The first-order valence-electron chi connectivity index (χ1n) is 5.69. The van der Waals surface area contributed by atoms with Crippen molar-refractivity contribution >= 4 is 22.4 Å². The van der Waals surface area contributed by atoms with E-state index in [-0.39, 0.29) is 5.91 Å². The minimum absolute atomic E-state index is 0.0815. The lowest BCUT2D eigenvalue weighted by Gasteiger charge is -2.21. The fourth-order valence-electron chi connectivity index (χ4n) is 1.98. The summed E-state index contributed by atoms with van der Waals surface area (Å²) in [6, 6.07) is 0. The molecule has 0 atom stereocenters. The monoisotopic (exact) mass is 239 g/mol. The van der Waals surface area contributed by atoms with Gasteiger partial charge in [0.05, 0.1) is 5.54 Å². The van der Waals surface area contributed by atoms with Gasteiger partial charge in [-0.2, -0.15) is 0 Å². The van der Waals surface area contributed by atoms with Crippen molar-refractivity contribution in [1.29, 1.82) is 0 Å². The number of aromatic nitrogens is 1. The van der Waals surface area contributed by atoms with Gasteiger partial charge in [-0.05, 0) is 19.3 Å². The standard InChI is InChI=1S/C11H17N3OS/c1-2-8-7-13-10(16-8)14-9(15)11(12)5-3-4-6-11/h7H,2-6,12H2,1H3,(H,13,14,15). The first kappa shape index (κ1) is 11.5. The maximum Gasteiger partial charge on any atom is 0.246 e. The summed E-state index contributed by atoms with van der Waals surface area (Å²) in [6.07, 6.45) is 6.40. The summed E-state index contributed by atoms with van der Waals surface area (Å²) in [6.45, 7) is 2.07. The van der Waals surface area contributed by atoms with Crippen LogP contribution in [-0.2, 0) is 11.2 Å². The highest BCUT2D eigenvalue weighted by atomic mass is 32.1. The molecule has 0 bridgehead atoms. The number of nitrogens with zero attached hydrogens (tertiary/aromatic N) is 1. The molecule has 5 heteroatoms. The third-order valence-electron chi connectivity index (χ3n) is 3.07. The predicted molar refractivity (Wildman–Crippen MR) is 65.5 cm³/mol. The Bertz CT molecular complexity index is 382. The Labute approximate surface area is 99.3 Å². The molecule has 1 saturated carbocycles. The van der Waals surface area contributed by atoms with Crippen LogP contribution in [0.5, 0.6) is 0 Å². The Morgan fingerprint density at radius 2 is 2.31 bits per heavy atom. The van der Waals surface area contributed by atoms with E-state index in [1.54, 1.807) is 6.20 Å². The number of nitrogens with one attached hydrogen (secondary N) is 1. The largest absolute Gasteiger partial charge is 0.317 e. The smallest absolute Gasteiger partial charge is 0.246 e. The van der Waals surface area contributed by atoms with E-state index < -0.39 is 5.54 Å². The van der Waals surface area contributed by atoms with Gasteiger partial charge in [-0.1, -0.05) is 19.8 Å². The molecule has 0 aromatic carbocycles. The van der Waals surface area contributed by atoms with Gasteiger partial charge in [-0.3, -0.25) is 4.79 Å². The van der Waals surface area contributed by atoms with Crippen molar-refractivity contribution in [2.24, 2.45) is 5.73 Å². The van der Waals surface area contributed by atoms with E-state index >= 15 is 0 Å². The molecule has 3 N–H and O–H groups in total. The molecule has 0 unspecified atom stereocenters. The number of nitrogens with two attached hydrogens (primary N) is 1. The lowest BCUT2D eigenvalue weighted by molar-refractivity contribution is -0.121. The Morgan fingerprint density at radius 1 is 1.62 bits per heavy atom. The number of carbonyl (C=O) groups is 1. The van der Waals surface area contributed by atoms with Crippen LogP contribution in [0, 0.1) is 0 Å². The molecule has 0 radical (unpaired) electrons. The quantitative estimate of drug-likeness (QED) is 0.846. The topological polar surface area (TPSA) is 68.0 Å². The molecule has 0 spiro atoms. The molecule has 0 saturated heterocycles. The first-order valence-corrected chi connectivity index (χ1v) is 6.51. The molecule has 88 valence electrons. The average molecular weight is 239 g/mol. The predicted octanol–water partition coefficient (Wildman–Crippen LogP) is 1.92. The van der Waals surface area contributed by atoms with E-state index in [0.29, 0.717) is 5.13 Å². The van der Waals surface area contributed by atoms with Crippen molar-refractivity contribution in [3.05, 3.63) is 11.1 Å². The Balaban J connectivity index is 2.01. The highest BCUT2D eigenvalue weighted by Crippen LogP contribution is 2.29. The maximum atomic E-state index is 12.0. The van der Waals surface area contributed by atoms with Crippen molar-refractivity contribution in [3.63, 3.8) is 0 Å². The first-order chi connectivity index (χ1) is 7.64. The van der Waals surface area contributed by atoms with E-state index in [2.05, 4.69) is 17.2 Å². The van der Waals surface area contributed by atoms with Gasteiger partial charge >= 0.3 is 0 Å². The van der Waals surface area contributed by atoms with Gasteiger partial charge in [-0.15, -0.1) is 11.3 Å². The van der Waals surface area contributed by atoms with Crippen LogP contribution in [0.15, 0.2) is 6.20 Å². The van der Waals surface area contributed by atoms with Crippen molar-refractivity contribution in [3.8, 4) is 0 Å². The Kier molecular flexibility index (Phi) is 3.25. The highest BCUT2D eigenvalue weighted by Gasteiger charge is 2.37. The van der Waals surface area contributed by atoms with Crippen molar-refractivity contribution in [2.45, 2.75) is 44.6 Å². The molecule has 16 heavy (non-hydrogen) atoms. The number of hydrogen-bond acceptors (Lipinski definition) is 4. The second-order valence-corrected chi connectivity index (χ2v) is 5.42. The van der Waals surface area contributed by atoms with Crippen molar-refractivity contribution in [2.75, 3.05) is 5.32 Å². The van der Waals surface area contributed by atoms with Crippen LogP contribution in [0.3, 0.4) is 0 Å². The summed E-state index contributed by atoms with van der Waals surface area (Å²) in [4.78, 5) is 17.3. The molecule has 1 fully saturated rings. The number of anilines is 1. The SMILES string of the molecule is CCc1cnc(NC(=O)C2(N)CCCC2)s1. The van der Waals surface area contributed by atoms with Gasteiger partial charge < -0.3 is 11.1 Å². The molecule has 0 aliphatic heterocycles. The van der Waals surface area contributed by atoms with Gasteiger partial charge in [0, 0.05) is 11.1 Å². The Hall–Kier alpha value is -0.940. The van der Waals surface area contributed by atoms with E-state index in [9.17, 15) is 4.79 Å². The van der Waals surface area contributed by atoms with Crippen LogP contribution < -0.4 is 11.1 Å². The van der Waals surface area contributed by atoms with Crippen LogP contribution in [0.2, 0.25) is 0 Å². The van der Waals surface area contributed by atoms with E-state index in [4.69, 9.17) is 5.73 Å². The molecular formula is C11H17N3OS. The number of hydrogen-bond donors (Lipinski definition) is 2. The summed E-state index contributed by atoms with van der Waals surface area (Å²) in [5.41, 5.74) is 5.39. The van der Waals surface area contributed by atoms with E-state index in [1.165, 1.54) is 16.2 Å². The van der Waals surface area contributed by atoms with Crippen LogP contribution >= 0.6 is 11.3 Å². The number of aryl methyl sites for hydroxylation is 1. The van der Waals surface area contributed by atoms with Crippen LogP contribution in [0.1, 0.15) is 37.5 Å². The summed E-state index contributed by atoms with van der Waals surface area (Å²) in [7, 11) is 0. The van der Waals surface area contributed by atoms with Crippen LogP contribution in [0.25, 0.3) is 0 Å². The van der Waals surface area contributed by atoms with Crippen molar-refractivity contribution in [1.82, 2.24) is 4.98 Å². The van der Waals surface area contributed by atoms with Crippen LogP contribution in [0.4, 0.5) is 5.13 Å². The van der Waals surface area contributed by atoms with Gasteiger partial charge in [0.1, 0.15) is 0 Å². The minimum atomic E-state index is -0.669. The normalized spacial score (nSPS) is 18.6. The lowest BCUT2D eigenvalue weighted by atomic mass is 9.98. The number of amides is 1. The number of thiazole rings is 1. The average Bonchev–Trinajstić information content (AvgIpc) is 2.88. The summed E-state index contributed by atoms with van der Waals surface area (Å²) >= 11 is 1.52. The maximum absolute atomic E-state index is 12.0. The van der Waals surface area contributed by atoms with Crippen molar-refractivity contribution < 1.29 is 4.79 Å². The molecule has 1 amide bonds. The molecule has 1 aromatic heterocycles.